The maximum Gasteiger partial charge on any atom is 0.263 e. The van der Waals surface area contributed by atoms with E-state index in [9.17, 15) is 9.59 Å². The Balaban J connectivity index is 1.25. The average Bonchev–Trinajstić information content (AvgIpc) is 3.65. The summed E-state index contributed by atoms with van der Waals surface area (Å²) in [4.78, 5) is 42.2. The van der Waals surface area contributed by atoms with Crippen LogP contribution in [0.15, 0.2) is 35.4 Å². The Hall–Kier alpha value is -3.43. The smallest absolute Gasteiger partial charge is 0.263 e. The zero-order chi connectivity index (χ0) is 26.2. The van der Waals surface area contributed by atoms with E-state index >= 15 is 0 Å². The molecule has 9 nitrogen and oxygen atoms in total. The van der Waals surface area contributed by atoms with Crippen molar-refractivity contribution in [3.8, 4) is 0 Å². The Morgan fingerprint density at radius 1 is 1.11 bits per heavy atom. The molecule has 2 fully saturated rings. The average molecular weight is 514 g/mol. The number of hydrogen-bond donors (Lipinski definition) is 2. The van der Waals surface area contributed by atoms with Gasteiger partial charge in [-0.2, -0.15) is 4.98 Å². The number of hydrogen-bond acceptors (Lipinski definition) is 8. The number of nitrogens with one attached hydrogen (secondary N) is 2. The van der Waals surface area contributed by atoms with Crippen molar-refractivity contribution >= 4 is 34.2 Å². The number of Topliss-reactive ketones (excluding diaryl/α,β-unsaturated/α-hetero) is 1. The van der Waals surface area contributed by atoms with E-state index in [0.29, 0.717) is 29.0 Å². The first-order valence-corrected chi connectivity index (χ1v) is 13.8. The van der Waals surface area contributed by atoms with E-state index in [2.05, 4.69) is 37.6 Å². The molecule has 3 aliphatic rings. The Kier molecular flexibility index (Phi) is 6.80. The first-order chi connectivity index (χ1) is 18.5. The van der Waals surface area contributed by atoms with Gasteiger partial charge in [-0.25, -0.2) is 9.97 Å². The lowest BCUT2D eigenvalue weighted by atomic mass is 10.00. The van der Waals surface area contributed by atoms with Gasteiger partial charge in [0.05, 0.1) is 5.56 Å². The molecule has 2 N–H and O–H groups in total. The number of ketones is 1. The molecular formula is C29H35N7O2. The van der Waals surface area contributed by atoms with Crippen molar-refractivity contribution in [3.05, 3.63) is 57.6 Å². The molecule has 3 aromatic rings. The van der Waals surface area contributed by atoms with E-state index in [-0.39, 0.29) is 22.9 Å². The van der Waals surface area contributed by atoms with Crippen LogP contribution in [0.3, 0.4) is 0 Å². The molecule has 0 bridgehead atoms. The second kappa shape index (κ2) is 10.4. The van der Waals surface area contributed by atoms with Crippen LogP contribution in [-0.2, 0) is 0 Å². The fourth-order valence-electron chi connectivity index (χ4n) is 6.31. The van der Waals surface area contributed by atoms with Crippen molar-refractivity contribution in [1.82, 2.24) is 29.7 Å². The topological polar surface area (TPSA) is 105 Å². The molecule has 1 aliphatic carbocycles. The minimum Gasteiger partial charge on any atom is -0.315 e. The second-order valence-electron chi connectivity index (χ2n) is 10.8. The highest BCUT2D eigenvalue weighted by atomic mass is 16.1. The van der Waals surface area contributed by atoms with Gasteiger partial charge in [-0.1, -0.05) is 18.9 Å². The molecular weight excluding hydrogens is 478 g/mol. The zero-order valence-corrected chi connectivity index (χ0v) is 22.2. The third-order valence-electron chi connectivity index (χ3n) is 8.42. The number of pyridine rings is 2. The van der Waals surface area contributed by atoms with E-state index in [1.165, 1.54) is 18.9 Å². The minimum atomic E-state index is -0.245. The summed E-state index contributed by atoms with van der Waals surface area (Å²) in [5, 5.41) is 7.41. The van der Waals surface area contributed by atoms with Crippen LogP contribution in [0.4, 0.5) is 11.8 Å². The molecule has 1 saturated carbocycles. The molecule has 2 aliphatic heterocycles. The van der Waals surface area contributed by atoms with Crippen LogP contribution in [0.5, 0.6) is 0 Å². The fraction of sp³-hybridized carbons (Fsp3) is 0.483. The first-order valence-electron chi connectivity index (χ1n) is 13.8. The van der Waals surface area contributed by atoms with Crippen LogP contribution in [0.1, 0.15) is 73.0 Å². The third-order valence-corrected chi connectivity index (χ3v) is 8.42. The van der Waals surface area contributed by atoms with Gasteiger partial charge in [-0.05, 0) is 74.9 Å². The van der Waals surface area contributed by atoms with Crippen molar-refractivity contribution in [2.45, 2.75) is 64.5 Å². The lowest BCUT2D eigenvalue weighted by molar-refractivity contribution is 0.101. The highest BCUT2D eigenvalue weighted by Gasteiger charge is 2.26. The number of carbonyl (C=O) groups excluding carboxylic acids is 1. The molecule has 1 saturated heterocycles. The van der Waals surface area contributed by atoms with Crippen molar-refractivity contribution in [2.24, 2.45) is 0 Å². The maximum absolute atomic E-state index is 13.4. The van der Waals surface area contributed by atoms with Gasteiger partial charge < -0.3 is 10.6 Å². The van der Waals surface area contributed by atoms with Crippen molar-refractivity contribution in [1.29, 1.82) is 0 Å². The third kappa shape index (κ3) is 4.65. The molecule has 38 heavy (non-hydrogen) atoms. The van der Waals surface area contributed by atoms with Crippen LogP contribution >= 0.6 is 0 Å². The van der Waals surface area contributed by atoms with Gasteiger partial charge in [0.2, 0.25) is 5.95 Å². The number of anilines is 2. The number of fused-ring (bicyclic) bond motifs is 1. The summed E-state index contributed by atoms with van der Waals surface area (Å²) in [7, 11) is 0. The van der Waals surface area contributed by atoms with Crippen molar-refractivity contribution in [3.63, 3.8) is 0 Å². The Labute approximate surface area is 222 Å². The largest absolute Gasteiger partial charge is 0.315 e. The lowest BCUT2D eigenvalue weighted by Crippen LogP contribution is -2.39. The zero-order valence-electron chi connectivity index (χ0n) is 22.2. The Morgan fingerprint density at radius 3 is 2.61 bits per heavy atom. The standard InChI is InChI=1S/C29H35N7O2/c1-18-24-17-32-29(34-27(24)36(22-5-3-4-6-22)28(38)26(18)19(2)37)33-25-8-7-21(15-31-25)20-10-13-35(14-11-20)23-9-12-30-16-23/h7-8,10,15,17,22-23,30H,3-6,9,11-14,16H2,1-2H3,(H,31,32,33,34). The fourth-order valence-corrected chi connectivity index (χ4v) is 6.31. The summed E-state index contributed by atoms with van der Waals surface area (Å²) < 4.78 is 1.73. The molecule has 5 heterocycles. The van der Waals surface area contributed by atoms with Gasteiger partial charge in [0.1, 0.15) is 11.5 Å². The molecule has 0 amide bonds. The molecule has 0 spiro atoms. The van der Waals surface area contributed by atoms with Crippen LogP contribution < -0.4 is 16.2 Å². The summed E-state index contributed by atoms with van der Waals surface area (Å²) in [6.45, 7) is 7.54. The first kappa shape index (κ1) is 24.9. The van der Waals surface area contributed by atoms with Crippen LogP contribution in [0, 0.1) is 6.92 Å². The molecule has 3 aromatic heterocycles. The Morgan fingerprint density at radius 2 is 1.95 bits per heavy atom. The SMILES string of the molecule is CC(=O)c1c(C)c2cnc(Nc3ccc(C4=CCN(C5CCNC5)CC4)cn3)nc2n(C2CCCC2)c1=O. The number of aromatic nitrogens is 4. The van der Waals surface area contributed by atoms with E-state index in [1.54, 1.807) is 17.7 Å². The van der Waals surface area contributed by atoms with Crippen molar-refractivity contribution < 1.29 is 4.79 Å². The highest BCUT2D eigenvalue weighted by molar-refractivity contribution is 5.99. The summed E-state index contributed by atoms with van der Waals surface area (Å²) in [5.74, 6) is 0.815. The molecule has 1 atom stereocenters. The number of carbonyl (C=O) groups is 1. The van der Waals surface area contributed by atoms with Gasteiger partial charge >= 0.3 is 0 Å². The van der Waals surface area contributed by atoms with E-state index in [0.717, 1.165) is 69.2 Å². The maximum atomic E-state index is 13.4. The predicted molar refractivity (Wildman–Crippen MR) is 149 cm³/mol. The predicted octanol–water partition coefficient (Wildman–Crippen LogP) is 4.01. The van der Waals surface area contributed by atoms with Crippen molar-refractivity contribution in [2.75, 3.05) is 31.5 Å². The Bertz CT molecular complexity index is 1450. The van der Waals surface area contributed by atoms with Crippen LogP contribution in [0.25, 0.3) is 16.6 Å². The van der Waals surface area contributed by atoms with E-state index < -0.39 is 0 Å². The van der Waals surface area contributed by atoms with Crippen LogP contribution in [0.2, 0.25) is 0 Å². The van der Waals surface area contributed by atoms with E-state index in [1.807, 2.05) is 12.3 Å². The number of nitrogens with zero attached hydrogens (tertiary/aromatic N) is 5. The molecule has 0 aromatic carbocycles. The number of aryl methyl sites for hydroxylation is 1. The molecule has 9 heteroatoms. The summed E-state index contributed by atoms with van der Waals surface area (Å²) in [6, 6.07) is 4.74. The molecule has 0 radical (unpaired) electrons. The highest BCUT2D eigenvalue weighted by Crippen LogP contribution is 2.32. The molecule has 6 rings (SSSR count). The van der Waals surface area contributed by atoms with E-state index in [4.69, 9.17) is 4.98 Å². The summed E-state index contributed by atoms with van der Waals surface area (Å²) >= 11 is 0. The van der Waals surface area contributed by atoms with Gasteiger partial charge in [-0.15, -0.1) is 0 Å². The molecule has 198 valence electrons. The molecule has 1 unspecified atom stereocenters. The monoisotopic (exact) mass is 513 g/mol. The normalized spacial score (nSPS) is 20.7. The summed E-state index contributed by atoms with van der Waals surface area (Å²) in [5.41, 5.74) is 3.69. The van der Waals surface area contributed by atoms with Gasteiger partial charge in [-0.3, -0.25) is 19.1 Å². The minimum absolute atomic E-state index is 0.0495. The van der Waals surface area contributed by atoms with Crippen LogP contribution in [-0.4, -0.2) is 62.4 Å². The summed E-state index contributed by atoms with van der Waals surface area (Å²) in [6.07, 6.45) is 12.2. The van der Waals surface area contributed by atoms with Gasteiger partial charge in [0, 0.05) is 49.5 Å². The van der Waals surface area contributed by atoms with Gasteiger partial charge in [0.15, 0.2) is 5.78 Å². The lowest BCUT2D eigenvalue weighted by Gasteiger charge is -2.31. The quantitative estimate of drug-likeness (QED) is 0.477. The second-order valence-corrected chi connectivity index (χ2v) is 10.8. The van der Waals surface area contributed by atoms with Gasteiger partial charge in [0.25, 0.3) is 5.56 Å². The number of rotatable bonds is 6.